The molecule has 1 heterocycles. The average molecular weight is 420 g/mol. The van der Waals surface area contributed by atoms with Crippen molar-refractivity contribution in [2.45, 2.75) is 46.5 Å². The van der Waals surface area contributed by atoms with Crippen LogP contribution < -0.4 is 5.32 Å². The molecule has 0 fully saturated rings. The molecule has 1 N–H and O–H groups in total. The van der Waals surface area contributed by atoms with E-state index in [1.54, 1.807) is 23.1 Å². The first-order chi connectivity index (χ1) is 14.0. The van der Waals surface area contributed by atoms with E-state index in [-0.39, 0.29) is 29.1 Å². The van der Waals surface area contributed by atoms with Crippen molar-refractivity contribution in [2.24, 2.45) is 10.9 Å². The topological polar surface area (TPSA) is 61.8 Å². The third-order valence-corrected chi connectivity index (χ3v) is 5.82. The lowest BCUT2D eigenvalue weighted by Crippen LogP contribution is -2.33. The van der Waals surface area contributed by atoms with E-state index in [0.29, 0.717) is 29.7 Å². The number of likely N-dealkylation sites (N-methyl/N-ethyl adjacent to an activating group) is 1. The Kier molecular flexibility index (Phi) is 9.38. The first-order valence-corrected chi connectivity index (χ1v) is 11.2. The monoisotopic (exact) mass is 419 g/mol. The summed E-state index contributed by atoms with van der Waals surface area (Å²) in [5, 5.41) is 3.50. The Hall–Kier alpha value is -2.15. The number of thioether (sulfide) groups is 1. The Morgan fingerprint density at radius 1 is 1.34 bits per heavy atom. The molecule has 1 aromatic rings. The van der Waals surface area contributed by atoms with Crippen molar-refractivity contribution in [2.75, 3.05) is 18.8 Å². The van der Waals surface area contributed by atoms with Crippen LogP contribution >= 0.6 is 11.8 Å². The molecule has 0 aromatic heterocycles. The number of benzene rings is 1. The molecule has 29 heavy (non-hydrogen) atoms. The van der Waals surface area contributed by atoms with E-state index < -0.39 is 0 Å². The molecule has 7 heteroatoms. The second kappa shape index (κ2) is 11.8. The molecule has 0 spiro atoms. The molecule has 158 valence electrons. The Bertz CT molecular complexity index is 779. The number of hydrogen-bond acceptors (Lipinski definition) is 4. The summed E-state index contributed by atoms with van der Waals surface area (Å²) in [5.41, 5.74) is 0.834. The van der Waals surface area contributed by atoms with E-state index in [2.05, 4.69) is 24.2 Å². The third kappa shape index (κ3) is 6.99. The SMILES string of the molecule is CCCC[C@H](CC)CNC(=O)CSC1=N/C(=C\c2cccc(F)c2)C(=O)N1CC. The zero-order chi connectivity index (χ0) is 21.2. The molecular formula is C22H30FN3O2S. The fourth-order valence-electron chi connectivity index (χ4n) is 3.06. The molecular weight excluding hydrogens is 389 g/mol. The molecule has 1 aliphatic heterocycles. The Morgan fingerprint density at radius 3 is 2.79 bits per heavy atom. The van der Waals surface area contributed by atoms with Crippen LogP contribution in [0.15, 0.2) is 35.0 Å². The maximum Gasteiger partial charge on any atom is 0.278 e. The van der Waals surface area contributed by atoms with Crippen molar-refractivity contribution >= 4 is 34.8 Å². The van der Waals surface area contributed by atoms with Crippen LogP contribution in [0.1, 0.15) is 52.0 Å². The lowest BCUT2D eigenvalue weighted by atomic mass is 9.99. The molecule has 2 rings (SSSR count). The van der Waals surface area contributed by atoms with Gasteiger partial charge < -0.3 is 5.32 Å². The molecule has 0 aliphatic carbocycles. The predicted octanol–water partition coefficient (Wildman–Crippen LogP) is 4.45. The van der Waals surface area contributed by atoms with Gasteiger partial charge in [0.25, 0.3) is 5.91 Å². The van der Waals surface area contributed by atoms with Gasteiger partial charge in [-0.2, -0.15) is 0 Å². The highest BCUT2D eigenvalue weighted by Crippen LogP contribution is 2.24. The van der Waals surface area contributed by atoms with Gasteiger partial charge in [0.05, 0.1) is 5.75 Å². The number of rotatable bonds is 10. The molecule has 0 radical (unpaired) electrons. The van der Waals surface area contributed by atoms with Crippen LogP contribution in [-0.2, 0) is 9.59 Å². The van der Waals surface area contributed by atoms with Gasteiger partial charge in [0, 0.05) is 13.1 Å². The van der Waals surface area contributed by atoms with Gasteiger partial charge in [0.1, 0.15) is 11.5 Å². The van der Waals surface area contributed by atoms with Crippen molar-refractivity contribution in [3.63, 3.8) is 0 Å². The van der Waals surface area contributed by atoms with Gasteiger partial charge in [0.15, 0.2) is 5.17 Å². The van der Waals surface area contributed by atoms with Gasteiger partial charge >= 0.3 is 0 Å². The van der Waals surface area contributed by atoms with Crippen LogP contribution in [0.3, 0.4) is 0 Å². The number of hydrogen-bond donors (Lipinski definition) is 1. The van der Waals surface area contributed by atoms with E-state index in [4.69, 9.17) is 0 Å². The van der Waals surface area contributed by atoms with Gasteiger partial charge in [-0.05, 0) is 43.0 Å². The van der Waals surface area contributed by atoms with Crippen LogP contribution in [0.4, 0.5) is 4.39 Å². The lowest BCUT2D eigenvalue weighted by molar-refractivity contribution is -0.122. The van der Waals surface area contributed by atoms with E-state index in [9.17, 15) is 14.0 Å². The van der Waals surface area contributed by atoms with Crippen molar-refractivity contribution < 1.29 is 14.0 Å². The highest BCUT2D eigenvalue weighted by molar-refractivity contribution is 8.14. The fraction of sp³-hybridized carbons (Fsp3) is 0.500. The molecule has 0 saturated carbocycles. The van der Waals surface area contributed by atoms with E-state index >= 15 is 0 Å². The molecule has 0 saturated heterocycles. The van der Waals surface area contributed by atoms with Crippen molar-refractivity contribution in [1.82, 2.24) is 10.2 Å². The fourth-order valence-corrected chi connectivity index (χ4v) is 3.95. The summed E-state index contributed by atoms with van der Waals surface area (Å²) in [7, 11) is 0. The largest absolute Gasteiger partial charge is 0.355 e. The first kappa shape index (κ1) is 23.1. The second-order valence-electron chi connectivity index (χ2n) is 7.04. The summed E-state index contributed by atoms with van der Waals surface area (Å²) < 4.78 is 13.4. The van der Waals surface area contributed by atoms with Crippen LogP contribution in [0.25, 0.3) is 6.08 Å². The Labute approximate surface area is 176 Å². The number of aliphatic imine (C=N–C) groups is 1. The number of carbonyl (C=O) groups excluding carboxylic acids is 2. The second-order valence-corrected chi connectivity index (χ2v) is 7.98. The van der Waals surface area contributed by atoms with Crippen LogP contribution in [0.2, 0.25) is 0 Å². The summed E-state index contributed by atoms with van der Waals surface area (Å²) in [6.45, 7) is 7.32. The smallest absolute Gasteiger partial charge is 0.278 e. The normalized spacial score (nSPS) is 16.3. The molecule has 2 amide bonds. The summed E-state index contributed by atoms with van der Waals surface area (Å²) >= 11 is 1.25. The minimum Gasteiger partial charge on any atom is -0.355 e. The quantitative estimate of drug-likeness (QED) is 0.570. The molecule has 0 unspecified atom stereocenters. The number of nitrogens with one attached hydrogen (secondary N) is 1. The van der Waals surface area contributed by atoms with Crippen LogP contribution in [-0.4, -0.2) is 40.7 Å². The summed E-state index contributed by atoms with van der Waals surface area (Å²) in [6, 6.07) is 6.02. The lowest BCUT2D eigenvalue weighted by Gasteiger charge is -2.16. The number of amidine groups is 1. The Morgan fingerprint density at radius 2 is 2.14 bits per heavy atom. The first-order valence-electron chi connectivity index (χ1n) is 10.3. The average Bonchev–Trinajstić information content (AvgIpc) is 3.01. The van der Waals surface area contributed by atoms with Crippen LogP contribution in [0, 0.1) is 11.7 Å². The molecule has 1 aliphatic rings. The summed E-state index contributed by atoms with van der Waals surface area (Å²) in [5.74, 6) is 0.0584. The zero-order valence-electron chi connectivity index (χ0n) is 17.4. The number of halogens is 1. The summed E-state index contributed by atoms with van der Waals surface area (Å²) in [4.78, 5) is 30.7. The third-order valence-electron chi connectivity index (χ3n) is 4.84. The molecule has 1 atom stereocenters. The van der Waals surface area contributed by atoms with Crippen molar-refractivity contribution in [3.8, 4) is 0 Å². The summed E-state index contributed by atoms with van der Waals surface area (Å²) in [6.07, 6.45) is 6.08. The van der Waals surface area contributed by atoms with E-state index in [0.717, 1.165) is 19.3 Å². The minimum atomic E-state index is -0.364. The van der Waals surface area contributed by atoms with Gasteiger partial charge in [0.2, 0.25) is 5.91 Å². The number of carbonyl (C=O) groups is 2. The molecule has 0 bridgehead atoms. The zero-order valence-corrected chi connectivity index (χ0v) is 18.2. The standard InChI is InChI=1S/C22H30FN3O2S/c1-4-7-9-16(5-2)14-24-20(27)15-29-22-25-19(21(28)26(22)6-3)13-17-10-8-11-18(23)12-17/h8,10-13,16H,4-7,9,14-15H2,1-3H3,(H,24,27)/b19-13-/t16-/m0/s1. The predicted molar refractivity (Wildman–Crippen MR) is 118 cm³/mol. The number of nitrogens with zero attached hydrogens (tertiary/aromatic N) is 2. The van der Waals surface area contributed by atoms with E-state index in [1.807, 2.05) is 6.92 Å². The minimum absolute atomic E-state index is 0.0567. The molecule has 1 aromatic carbocycles. The highest BCUT2D eigenvalue weighted by atomic mass is 32.2. The van der Waals surface area contributed by atoms with Gasteiger partial charge in [-0.15, -0.1) is 0 Å². The number of unbranched alkanes of at least 4 members (excludes halogenated alkanes) is 1. The van der Waals surface area contributed by atoms with Crippen LogP contribution in [0.5, 0.6) is 0 Å². The van der Waals surface area contributed by atoms with Gasteiger partial charge in [-0.25, -0.2) is 9.38 Å². The van der Waals surface area contributed by atoms with E-state index in [1.165, 1.54) is 30.3 Å². The highest BCUT2D eigenvalue weighted by Gasteiger charge is 2.29. The van der Waals surface area contributed by atoms with Crippen molar-refractivity contribution in [3.05, 3.63) is 41.3 Å². The molecule has 5 nitrogen and oxygen atoms in total. The Balaban J connectivity index is 1.96. The maximum absolute atomic E-state index is 13.4. The van der Waals surface area contributed by atoms with Gasteiger partial charge in [-0.3, -0.25) is 14.5 Å². The number of amides is 2. The van der Waals surface area contributed by atoms with Crippen molar-refractivity contribution in [1.29, 1.82) is 0 Å². The van der Waals surface area contributed by atoms with Gasteiger partial charge in [-0.1, -0.05) is 57.0 Å². The maximum atomic E-state index is 13.4.